The van der Waals surface area contributed by atoms with E-state index in [9.17, 15) is 4.79 Å². The first-order valence-electron chi connectivity index (χ1n) is 9.40. The van der Waals surface area contributed by atoms with E-state index in [0.717, 1.165) is 53.0 Å². The summed E-state index contributed by atoms with van der Waals surface area (Å²) in [5, 5.41) is 14.3. The number of rotatable bonds is 9. The zero-order valence-electron chi connectivity index (χ0n) is 16.1. The van der Waals surface area contributed by atoms with E-state index < -0.39 is 5.97 Å². The highest BCUT2D eigenvalue weighted by molar-refractivity contribution is 7.97. The van der Waals surface area contributed by atoms with Crippen LogP contribution < -0.4 is 0 Å². The maximum Gasteiger partial charge on any atom is 0.303 e. The number of halogens is 1. The van der Waals surface area contributed by atoms with Crippen LogP contribution in [0.25, 0.3) is 16.6 Å². The van der Waals surface area contributed by atoms with E-state index >= 15 is 0 Å². The molecule has 0 aromatic carbocycles. The van der Waals surface area contributed by atoms with Gasteiger partial charge in [-0.25, -0.2) is 9.50 Å². The van der Waals surface area contributed by atoms with E-state index in [-0.39, 0.29) is 6.42 Å². The van der Waals surface area contributed by atoms with Crippen molar-refractivity contribution >= 4 is 34.8 Å². The minimum atomic E-state index is -0.752. The second kappa shape index (κ2) is 9.43. The number of hydrogen-bond donors (Lipinski definition) is 1. The molecule has 0 spiro atoms. The summed E-state index contributed by atoms with van der Waals surface area (Å²) < 4.78 is 2.04. The number of nitrogens with zero attached hydrogens (tertiary/aromatic N) is 3. The first kappa shape index (κ1) is 20.7. The van der Waals surface area contributed by atoms with Crippen LogP contribution in [0.5, 0.6) is 0 Å². The Balaban J connectivity index is 2.17. The van der Waals surface area contributed by atoms with Crippen LogP contribution in [-0.4, -0.2) is 31.9 Å². The van der Waals surface area contributed by atoms with Gasteiger partial charge in [-0.1, -0.05) is 18.5 Å². The fourth-order valence-corrected chi connectivity index (χ4v) is 4.19. The van der Waals surface area contributed by atoms with E-state index in [2.05, 4.69) is 30.3 Å². The Morgan fingerprint density at radius 1 is 1.29 bits per heavy atom. The summed E-state index contributed by atoms with van der Waals surface area (Å²) in [4.78, 5) is 15.0. The van der Waals surface area contributed by atoms with Crippen molar-refractivity contribution in [3.8, 4) is 11.1 Å². The Bertz CT molecular complexity index is 987. The second-order valence-corrected chi connectivity index (χ2v) is 7.93. The lowest BCUT2D eigenvalue weighted by Crippen LogP contribution is -2.08. The Morgan fingerprint density at radius 3 is 2.79 bits per heavy atom. The zero-order chi connectivity index (χ0) is 20.1. The third kappa shape index (κ3) is 4.50. The average molecular weight is 418 g/mol. The number of carboxylic acid groups (broad SMARTS) is 1. The molecule has 0 unspecified atom stereocenters. The summed E-state index contributed by atoms with van der Waals surface area (Å²) in [6, 6.07) is 8.09. The van der Waals surface area contributed by atoms with Crippen LogP contribution >= 0.6 is 23.4 Å². The van der Waals surface area contributed by atoms with Gasteiger partial charge in [0.25, 0.3) is 0 Å². The van der Waals surface area contributed by atoms with E-state index in [0.29, 0.717) is 11.6 Å². The number of pyridine rings is 1. The molecule has 0 saturated heterocycles. The Morgan fingerprint density at radius 2 is 2.11 bits per heavy atom. The predicted octanol–water partition coefficient (Wildman–Crippen LogP) is 5.27. The average Bonchev–Trinajstić information content (AvgIpc) is 3.07. The van der Waals surface area contributed by atoms with Crippen molar-refractivity contribution in [2.75, 3.05) is 6.26 Å². The van der Waals surface area contributed by atoms with Crippen LogP contribution in [0.1, 0.15) is 43.1 Å². The van der Waals surface area contributed by atoms with Gasteiger partial charge in [0.05, 0.1) is 11.2 Å². The molecule has 0 aliphatic carbocycles. The van der Waals surface area contributed by atoms with Gasteiger partial charge in [0.2, 0.25) is 0 Å². The topological polar surface area (TPSA) is 67.5 Å². The molecule has 0 fully saturated rings. The molecule has 0 saturated carbocycles. The summed E-state index contributed by atoms with van der Waals surface area (Å²) in [5.41, 5.74) is 6.58. The summed E-state index contributed by atoms with van der Waals surface area (Å²) >= 11 is 7.93. The Hall–Kier alpha value is -2.05. The zero-order valence-corrected chi connectivity index (χ0v) is 17.7. The molecule has 0 aliphatic heterocycles. The highest BCUT2D eigenvalue weighted by Gasteiger charge is 2.18. The van der Waals surface area contributed by atoms with Crippen molar-refractivity contribution in [1.29, 1.82) is 0 Å². The van der Waals surface area contributed by atoms with Crippen molar-refractivity contribution in [3.05, 3.63) is 52.6 Å². The molecular formula is C21H24ClN3O2S. The number of aliphatic carboxylic acids is 1. The van der Waals surface area contributed by atoms with E-state index in [1.165, 1.54) is 5.56 Å². The highest BCUT2D eigenvalue weighted by atomic mass is 35.5. The molecule has 0 atom stereocenters. The van der Waals surface area contributed by atoms with Crippen LogP contribution in [0.15, 0.2) is 30.5 Å². The van der Waals surface area contributed by atoms with Crippen molar-refractivity contribution in [1.82, 2.24) is 14.6 Å². The van der Waals surface area contributed by atoms with Crippen LogP contribution in [0.2, 0.25) is 5.15 Å². The van der Waals surface area contributed by atoms with Crippen LogP contribution in [0.4, 0.5) is 0 Å². The van der Waals surface area contributed by atoms with Crippen molar-refractivity contribution < 1.29 is 9.90 Å². The number of hydrogen-bond acceptors (Lipinski definition) is 4. The third-order valence-electron chi connectivity index (χ3n) is 4.79. The van der Waals surface area contributed by atoms with Gasteiger partial charge in [-0.15, -0.1) is 0 Å². The van der Waals surface area contributed by atoms with E-state index in [4.69, 9.17) is 21.8 Å². The van der Waals surface area contributed by atoms with Crippen molar-refractivity contribution in [3.63, 3.8) is 0 Å². The molecular weight excluding hydrogens is 394 g/mol. The lowest BCUT2D eigenvalue weighted by Gasteiger charge is -2.17. The summed E-state index contributed by atoms with van der Waals surface area (Å²) in [6.45, 7) is 2.13. The predicted molar refractivity (Wildman–Crippen MR) is 115 cm³/mol. The van der Waals surface area contributed by atoms with Crippen molar-refractivity contribution in [2.24, 2.45) is 0 Å². The molecule has 3 rings (SSSR count). The highest BCUT2D eigenvalue weighted by Crippen LogP contribution is 2.34. The lowest BCUT2D eigenvalue weighted by molar-refractivity contribution is -0.137. The smallest absolute Gasteiger partial charge is 0.303 e. The molecule has 5 nitrogen and oxygen atoms in total. The minimum Gasteiger partial charge on any atom is -0.481 e. The monoisotopic (exact) mass is 417 g/mol. The van der Waals surface area contributed by atoms with Crippen molar-refractivity contribution in [2.45, 2.75) is 44.8 Å². The quantitative estimate of drug-likeness (QED) is 0.379. The largest absolute Gasteiger partial charge is 0.481 e. The third-order valence-corrected chi connectivity index (χ3v) is 5.56. The molecule has 0 radical (unpaired) electrons. The molecule has 3 aromatic heterocycles. The SMILES string of the molecule is CCc1ccc2c(-c3ccnc(Cl)c3)c(CCCCC(=O)O)c(CSC)nn12. The standard InChI is InChI=1S/C21H24ClN3O2S/c1-3-15-8-9-18-21(14-10-11-23-19(22)12-14)16(6-4-5-7-20(26)27)17(13-28-2)24-25(15)18/h8-12H,3-7,13H2,1-2H3,(H,26,27). The van der Waals surface area contributed by atoms with Gasteiger partial charge in [0.15, 0.2) is 0 Å². The number of carboxylic acids is 1. The van der Waals surface area contributed by atoms with Crippen LogP contribution in [-0.2, 0) is 23.4 Å². The molecule has 0 amide bonds. The number of aryl methyl sites for hydroxylation is 1. The minimum absolute atomic E-state index is 0.190. The summed E-state index contributed by atoms with van der Waals surface area (Å²) in [7, 11) is 0. The van der Waals surface area contributed by atoms with Gasteiger partial charge < -0.3 is 5.11 Å². The maximum absolute atomic E-state index is 10.9. The van der Waals surface area contributed by atoms with Gasteiger partial charge in [-0.05, 0) is 67.3 Å². The number of carbonyl (C=O) groups is 1. The number of aromatic nitrogens is 3. The van der Waals surface area contributed by atoms with E-state index in [1.807, 2.05) is 16.6 Å². The van der Waals surface area contributed by atoms with Gasteiger partial charge in [0.1, 0.15) is 5.15 Å². The molecule has 3 heterocycles. The van der Waals surface area contributed by atoms with Gasteiger partial charge >= 0.3 is 5.97 Å². The van der Waals surface area contributed by atoms with E-state index in [1.54, 1.807) is 18.0 Å². The molecule has 3 aromatic rings. The van der Waals surface area contributed by atoms with Gasteiger partial charge in [-0.3, -0.25) is 4.79 Å². The molecule has 0 bridgehead atoms. The first-order valence-corrected chi connectivity index (χ1v) is 11.2. The fraction of sp³-hybridized carbons (Fsp3) is 0.381. The lowest BCUT2D eigenvalue weighted by atomic mass is 9.95. The molecule has 7 heteroatoms. The fourth-order valence-electron chi connectivity index (χ4n) is 3.51. The molecule has 148 valence electrons. The maximum atomic E-state index is 10.9. The Labute approximate surface area is 174 Å². The summed E-state index contributed by atoms with van der Waals surface area (Å²) in [5.74, 6) is 0.0513. The number of fused-ring (bicyclic) bond motifs is 1. The van der Waals surface area contributed by atoms with Crippen LogP contribution in [0, 0.1) is 0 Å². The molecule has 0 aliphatic rings. The Kier molecular flexibility index (Phi) is 6.97. The first-order chi connectivity index (χ1) is 13.5. The van der Waals surface area contributed by atoms with Crippen LogP contribution in [0.3, 0.4) is 0 Å². The van der Waals surface area contributed by atoms with Gasteiger partial charge in [0, 0.05) is 29.6 Å². The molecule has 28 heavy (non-hydrogen) atoms. The summed E-state index contributed by atoms with van der Waals surface area (Å²) in [6.07, 6.45) is 7.12. The second-order valence-electron chi connectivity index (χ2n) is 6.68. The number of thioether (sulfide) groups is 1. The normalized spacial score (nSPS) is 11.2. The van der Waals surface area contributed by atoms with Gasteiger partial charge in [-0.2, -0.15) is 16.9 Å². The number of unbranched alkanes of at least 4 members (excludes halogenated alkanes) is 1. The molecule has 1 N–H and O–H groups in total.